The van der Waals surface area contributed by atoms with E-state index in [4.69, 9.17) is 4.42 Å². The number of furan rings is 1. The van der Waals surface area contributed by atoms with Crippen molar-refractivity contribution in [3.63, 3.8) is 0 Å². The van der Waals surface area contributed by atoms with Gasteiger partial charge < -0.3 is 9.52 Å². The highest BCUT2D eigenvalue weighted by Gasteiger charge is 2.37. The molecule has 1 atom stereocenters. The first-order chi connectivity index (χ1) is 9.26. The number of rotatable bonds is 4. The highest BCUT2D eigenvalue weighted by Crippen LogP contribution is 2.32. The summed E-state index contributed by atoms with van der Waals surface area (Å²) in [6, 6.07) is -0.0961. The molecule has 1 aliphatic heterocycles. The Morgan fingerprint density at radius 1 is 1.40 bits per heavy atom. The quantitative estimate of drug-likeness (QED) is 0.909. The van der Waals surface area contributed by atoms with Gasteiger partial charge in [0, 0.05) is 18.8 Å². The van der Waals surface area contributed by atoms with Gasteiger partial charge in [0.25, 0.3) is 0 Å². The summed E-state index contributed by atoms with van der Waals surface area (Å²) in [7, 11) is -2.36. The Hall–Kier alpha value is -0.990. The zero-order chi connectivity index (χ0) is 15.1. The van der Waals surface area contributed by atoms with E-state index in [9.17, 15) is 18.3 Å². The van der Waals surface area contributed by atoms with Crippen LogP contribution in [-0.4, -0.2) is 48.4 Å². The maximum absolute atomic E-state index is 12.7. The van der Waals surface area contributed by atoms with Crippen molar-refractivity contribution >= 4 is 27.8 Å². The highest BCUT2D eigenvalue weighted by molar-refractivity contribution is 7.99. The molecule has 1 saturated heterocycles. The molecular formula is C12H17NO5S2. The molecule has 112 valence electrons. The summed E-state index contributed by atoms with van der Waals surface area (Å²) in [4.78, 5) is 11.1. The van der Waals surface area contributed by atoms with Crippen LogP contribution in [0.5, 0.6) is 0 Å². The fourth-order valence-electron chi connectivity index (χ4n) is 2.37. The summed E-state index contributed by atoms with van der Waals surface area (Å²) in [5.41, 5.74) is -0.264. The maximum atomic E-state index is 12.7. The summed E-state index contributed by atoms with van der Waals surface area (Å²) in [6.45, 7) is 2.93. The van der Waals surface area contributed by atoms with E-state index in [2.05, 4.69) is 0 Å². The van der Waals surface area contributed by atoms with Crippen molar-refractivity contribution in [1.29, 1.82) is 0 Å². The van der Waals surface area contributed by atoms with Gasteiger partial charge in [-0.25, -0.2) is 13.2 Å². The second kappa shape index (κ2) is 5.42. The van der Waals surface area contributed by atoms with Crippen molar-refractivity contribution in [2.24, 2.45) is 0 Å². The number of thioether (sulfide) groups is 1. The lowest BCUT2D eigenvalue weighted by molar-refractivity contribution is 0.0691. The van der Waals surface area contributed by atoms with Gasteiger partial charge in [0.05, 0.1) is 0 Å². The molecule has 0 amide bonds. The zero-order valence-corrected chi connectivity index (χ0v) is 13.2. The number of sulfonamides is 1. The van der Waals surface area contributed by atoms with Crippen LogP contribution in [0.4, 0.5) is 0 Å². The maximum Gasteiger partial charge on any atom is 0.340 e. The lowest BCUT2D eigenvalue weighted by Gasteiger charge is -2.23. The average molecular weight is 319 g/mol. The van der Waals surface area contributed by atoms with Crippen LogP contribution >= 0.6 is 11.8 Å². The monoisotopic (exact) mass is 319 g/mol. The zero-order valence-electron chi connectivity index (χ0n) is 11.5. The fraction of sp³-hybridized carbons (Fsp3) is 0.583. The largest absolute Gasteiger partial charge is 0.478 e. The predicted molar refractivity (Wildman–Crippen MR) is 75.8 cm³/mol. The molecule has 20 heavy (non-hydrogen) atoms. The molecule has 1 aromatic rings. The minimum absolute atomic E-state index is 0.0961. The number of aryl methyl sites for hydroxylation is 2. The average Bonchev–Trinajstić information content (AvgIpc) is 2.95. The first-order valence-electron chi connectivity index (χ1n) is 6.16. The third-order valence-electron chi connectivity index (χ3n) is 3.48. The minimum atomic E-state index is -3.86. The lowest BCUT2D eigenvalue weighted by atomic mass is 10.2. The number of nitrogens with zero attached hydrogens (tertiary/aromatic N) is 1. The van der Waals surface area contributed by atoms with Crippen LogP contribution < -0.4 is 0 Å². The third kappa shape index (κ3) is 2.47. The van der Waals surface area contributed by atoms with Gasteiger partial charge in [-0.15, -0.1) is 0 Å². The van der Waals surface area contributed by atoms with Crippen molar-refractivity contribution < 1.29 is 22.7 Å². The molecule has 0 bridgehead atoms. The van der Waals surface area contributed by atoms with Crippen LogP contribution in [0.25, 0.3) is 0 Å². The molecule has 0 aliphatic carbocycles. The molecule has 2 rings (SSSR count). The standard InChI is InChI=1S/C12H17NO5S2/c1-7-10(12(14)15)11(8(2)18-7)20(16,17)13(3)9-4-5-19-6-9/h9H,4-6H2,1-3H3,(H,14,15). The van der Waals surface area contributed by atoms with E-state index in [0.29, 0.717) is 0 Å². The molecule has 1 N–H and O–H groups in total. The van der Waals surface area contributed by atoms with Crippen molar-refractivity contribution in [2.45, 2.75) is 31.2 Å². The van der Waals surface area contributed by atoms with Crippen LogP contribution in [-0.2, 0) is 10.0 Å². The van der Waals surface area contributed by atoms with Gasteiger partial charge in [0.15, 0.2) is 0 Å². The van der Waals surface area contributed by atoms with Crippen molar-refractivity contribution in [3.05, 3.63) is 17.1 Å². The Morgan fingerprint density at radius 2 is 2.05 bits per heavy atom. The summed E-state index contributed by atoms with van der Waals surface area (Å²) < 4.78 is 31.8. The number of carbonyl (C=O) groups is 1. The summed E-state index contributed by atoms with van der Waals surface area (Å²) in [5.74, 6) is 0.598. The minimum Gasteiger partial charge on any atom is -0.478 e. The van der Waals surface area contributed by atoms with Gasteiger partial charge in [0.1, 0.15) is 22.0 Å². The second-order valence-corrected chi connectivity index (χ2v) is 7.85. The summed E-state index contributed by atoms with van der Waals surface area (Å²) >= 11 is 1.70. The topological polar surface area (TPSA) is 87.8 Å². The summed E-state index contributed by atoms with van der Waals surface area (Å²) in [5, 5.41) is 9.22. The number of aromatic carboxylic acids is 1. The van der Waals surface area contributed by atoms with Crippen LogP contribution in [0.3, 0.4) is 0 Å². The second-order valence-electron chi connectivity index (χ2n) is 4.76. The first-order valence-corrected chi connectivity index (χ1v) is 8.75. The number of carboxylic acids is 1. The van der Waals surface area contributed by atoms with Crippen LogP contribution in [0.15, 0.2) is 9.31 Å². The van der Waals surface area contributed by atoms with Crippen molar-refractivity contribution in [3.8, 4) is 0 Å². The number of carboxylic acid groups (broad SMARTS) is 1. The van der Waals surface area contributed by atoms with E-state index in [1.807, 2.05) is 0 Å². The smallest absolute Gasteiger partial charge is 0.340 e. The fourth-order valence-corrected chi connectivity index (χ4v) is 5.49. The van der Waals surface area contributed by atoms with E-state index >= 15 is 0 Å². The molecule has 1 aromatic heterocycles. The van der Waals surface area contributed by atoms with E-state index < -0.39 is 16.0 Å². The van der Waals surface area contributed by atoms with E-state index in [1.165, 1.54) is 25.2 Å². The Kier molecular flexibility index (Phi) is 4.17. The lowest BCUT2D eigenvalue weighted by Crippen LogP contribution is -2.37. The van der Waals surface area contributed by atoms with E-state index in [1.54, 1.807) is 11.8 Å². The molecule has 1 aliphatic rings. The molecule has 8 heteroatoms. The predicted octanol–water partition coefficient (Wildman–Crippen LogP) is 1.72. The Morgan fingerprint density at radius 3 is 2.55 bits per heavy atom. The van der Waals surface area contributed by atoms with Crippen LogP contribution in [0.2, 0.25) is 0 Å². The molecular weight excluding hydrogens is 302 g/mol. The van der Waals surface area contributed by atoms with Crippen LogP contribution in [0.1, 0.15) is 28.3 Å². The number of hydrogen-bond donors (Lipinski definition) is 1. The van der Waals surface area contributed by atoms with Gasteiger partial charge in [-0.05, 0) is 26.0 Å². The van der Waals surface area contributed by atoms with Gasteiger partial charge in [-0.2, -0.15) is 16.1 Å². The van der Waals surface area contributed by atoms with Crippen molar-refractivity contribution in [1.82, 2.24) is 4.31 Å². The molecule has 1 fully saturated rings. The molecule has 2 heterocycles. The highest BCUT2D eigenvalue weighted by atomic mass is 32.2. The van der Waals surface area contributed by atoms with Crippen molar-refractivity contribution in [2.75, 3.05) is 18.6 Å². The first kappa shape index (κ1) is 15.4. The SMILES string of the molecule is Cc1oc(C)c(S(=O)(=O)N(C)C2CCSC2)c1C(=O)O. The Bertz CT molecular complexity index is 629. The molecule has 6 nitrogen and oxygen atoms in total. The summed E-state index contributed by atoms with van der Waals surface area (Å²) in [6.07, 6.45) is 0.776. The van der Waals surface area contributed by atoms with E-state index in [-0.39, 0.29) is 28.0 Å². The molecule has 0 radical (unpaired) electrons. The molecule has 1 unspecified atom stereocenters. The van der Waals surface area contributed by atoms with Crippen LogP contribution in [0, 0.1) is 13.8 Å². The van der Waals surface area contributed by atoms with Gasteiger partial charge in [-0.3, -0.25) is 0 Å². The molecule has 0 aromatic carbocycles. The third-order valence-corrected chi connectivity index (χ3v) is 6.68. The Labute approximate surface area is 122 Å². The van der Waals surface area contributed by atoms with E-state index in [0.717, 1.165) is 17.9 Å². The number of hydrogen-bond acceptors (Lipinski definition) is 5. The molecule has 0 saturated carbocycles. The Balaban J connectivity index is 2.51. The molecule has 0 spiro atoms. The van der Waals surface area contributed by atoms with Gasteiger partial charge >= 0.3 is 5.97 Å². The van der Waals surface area contributed by atoms with Gasteiger partial charge in [-0.1, -0.05) is 0 Å². The normalized spacial score (nSPS) is 19.7. The van der Waals surface area contributed by atoms with Gasteiger partial charge in [0.2, 0.25) is 10.0 Å².